The number of aromatic amines is 1. The molecule has 2 aromatic rings. The highest BCUT2D eigenvalue weighted by molar-refractivity contribution is 5.85. The number of aliphatic hydroxyl groups excluding tert-OH is 1. The van der Waals surface area contributed by atoms with Gasteiger partial charge in [-0.15, -0.1) is 0 Å². The Bertz CT molecular complexity index is 790. The largest absolute Gasteiger partial charge is 0.393 e. The molecule has 1 saturated heterocycles. The topological polar surface area (TPSA) is 65.6 Å². The number of rotatable bonds is 2. The van der Waals surface area contributed by atoms with Crippen LogP contribution >= 0.6 is 0 Å². The maximum atomic E-state index is 10.5. The average molecular weight is 401 g/mol. The summed E-state index contributed by atoms with van der Waals surface area (Å²) in [5.74, 6) is 1.58. The highest BCUT2D eigenvalue weighted by Crippen LogP contribution is 2.49. The number of fused-ring (bicyclic) bond motifs is 6. The summed E-state index contributed by atoms with van der Waals surface area (Å²) >= 11 is 0. The zero-order valence-corrected chi connectivity index (χ0v) is 18.1. The third-order valence-corrected chi connectivity index (χ3v) is 7.08. The zero-order chi connectivity index (χ0) is 21.0. The molecule has 0 amide bonds. The van der Waals surface area contributed by atoms with Gasteiger partial charge in [-0.2, -0.15) is 0 Å². The van der Waals surface area contributed by atoms with Gasteiger partial charge in [-0.1, -0.05) is 32.0 Å². The average Bonchev–Trinajstić information content (AvgIpc) is 3.17. The fourth-order valence-corrected chi connectivity index (χ4v) is 5.88. The number of hydrogen-bond acceptors (Lipinski definition) is 4. The van der Waals surface area contributed by atoms with E-state index in [9.17, 15) is 5.11 Å². The molecule has 5 heteroatoms. The van der Waals surface area contributed by atoms with Crippen LogP contribution in [0.2, 0.25) is 0 Å². The number of methoxy groups -OCH3 is 1. The van der Waals surface area contributed by atoms with Crippen molar-refractivity contribution < 1.29 is 14.6 Å². The Balaban J connectivity index is 0.000000568. The molecule has 2 aliphatic heterocycles. The van der Waals surface area contributed by atoms with E-state index in [2.05, 4.69) is 34.1 Å². The Morgan fingerprint density at radius 3 is 2.76 bits per heavy atom. The summed E-state index contributed by atoms with van der Waals surface area (Å²) in [6, 6.07) is 9.19. The van der Waals surface area contributed by atoms with Crippen LogP contribution < -0.4 is 0 Å². The molecular weight excluding hydrogens is 364 g/mol. The number of piperidine rings is 1. The van der Waals surface area contributed by atoms with Gasteiger partial charge in [0.05, 0.1) is 18.8 Å². The van der Waals surface area contributed by atoms with Crippen molar-refractivity contribution in [2.75, 3.05) is 26.8 Å². The maximum absolute atomic E-state index is 10.5. The molecule has 0 bridgehead atoms. The smallest absolute Gasteiger partial charge is 0.106 e. The first-order valence-corrected chi connectivity index (χ1v) is 11.1. The molecule has 1 aromatic heterocycles. The van der Waals surface area contributed by atoms with Gasteiger partial charge in [0.2, 0.25) is 0 Å². The van der Waals surface area contributed by atoms with Gasteiger partial charge in [-0.05, 0) is 49.1 Å². The first-order valence-electron chi connectivity index (χ1n) is 11.1. The number of para-hydroxylation sites is 1. The van der Waals surface area contributed by atoms with E-state index in [1.807, 2.05) is 20.6 Å². The second-order valence-corrected chi connectivity index (χ2v) is 8.25. The highest BCUT2D eigenvalue weighted by Gasteiger charge is 2.46. The molecule has 1 aromatic carbocycles. The van der Waals surface area contributed by atoms with Crippen molar-refractivity contribution >= 4 is 17.7 Å². The Kier molecular flexibility index (Phi) is 7.49. The quantitative estimate of drug-likeness (QED) is 0.801. The summed E-state index contributed by atoms with van der Waals surface area (Å²) in [5.41, 5.74) is 4.23. The number of nitrogens with one attached hydrogen (secondary N) is 1. The number of carbonyl (C=O) groups excluding carboxylic acids is 1. The van der Waals surface area contributed by atoms with Crippen LogP contribution in [0.3, 0.4) is 0 Å². The van der Waals surface area contributed by atoms with Crippen LogP contribution in [0.5, 0.6) is 0 Å². The van der Waals surface area contributed by atoms with Crippen LogP contribution in [0.1, 0.15) is 50.4 Å². The lowest BCUT2D eigenvalue weighted by molar-refractivity contribution is -0.0980. The lowest BCUT2D eigenvalue weighted by Gasteiger charge is -2.51. The number of H-pyrrole nitrogens is 1. The SMILES string of the molecule is C=O.CC.COC[C@H]1[C@@H](O)CCC2CN3CCc4c([nH]c5ccccc45)[C@@H]3C[C@@H]21. The van der Waals surface area contributed by atoms with E-state index in [-0.39, 0.29) is 6.10 Å². The van der Waals surface area contributed by atoms with Crippen molar-refractivity contribution in [1.82, 2.24) is 9.88 Å². The molecule has 2 fully saturated rings. The van der Waals surface area contributed by atoms with Crippen molar-refractivity contribution in [3.63, 3.8) is 0 Å². The number of aromatic nitrogens is 1. The number of carbonyl (C=O) groups is 1. The number of ether oxygens (including phenoxy) is 1. The van der Waals surface area contributed by atoms with Crippen LogP contribution in [-0.4, -0.2) is 54.7 Å². The molecule has 5 rings (SSSR count). The van der Waals surface area contributed by atoms with E-state index >= 15 is 0 Å². The fraction of sp³-hybridized carbons (Fsp3) is 0.625. The van der Waals surface area contributed by atoms with Gasteiger partial charge in [0.15, 0.2) is 0 Å². The van der Waals surface area contributed by atoms with Gasteiger partial charge >= 0.3 is 0 Å². The van der Waals surface area contributed by atoms with Crippen molar-refractivity contribution in [1.29, 1.82) is 0 Å². The first kappa shape index (κ1) is 22.0. The van der Waals surface area contributed by atoms with Crippen LogP contribution in [0.15, 0.2) is 24.3 Å². The van der Waals surface area contributed by atoms with E-state index in [0.717, 1.165) is 25.7 Å². The van der Waals surface area contributed by atoms with Gasteiger partial charge < -0.3 is 19.6 Å². The van der Waals surface area contributed by atoms with Gasteiger partial charge in [0.1, 0.15) is 6.79 Å². The molecule has 1 unspecified atom stereocenters. The Hall–Kier alpha value is -1.69. The molecule has 29 heavy (non-hydrogen) atoms. The summed E-state index contributed by atoms with van der Waals surface area (Å²) in [7, 11) is 1.77. The Morgan fingerprint density at radius 1 is 1.24 bits per heavy atom. The monoisotopic (exact) mass is 400 g/mol. The van der Waals surface area contributed by atoms with Gasteiger partial charge in [0.25, 0.3) is 0 Å². The summed E-state index contributed by atoms with van der Waals surface area (Å²) in [6.07, 6.45) is 4.20. The Labute approximate surface area is 174 Å². The van der Waals surface area contributed by atoms with Gasteiger partial charge in [-0.25, -0.2) is 0 Å². The molecule has 2 N–H and O–H groups in total. The van der Waals surface area contributed by atoms with Crippen LogP contribution in [-0.2, 0) is 16.0 Å². The number of aliphatic hydroxyl groups is 1. The van der Waals surface area contributed by atoms with Crippen LogP contribution in [0, 0.1) is 17.8 Å². The molecule has 1 saturated carbocycles. The zero-order valence-electron chi connectivity index (χ0n) is 18.1. The number of hydrogen-bond donors (Lipinski definition) is 2. The summed E-state index contributed by atoms with van der Waals surface area (Å²) in [4.78, 5) is 14.4. The highest BCUT2D eigenvalue weighted by atomic mass is 16.5. The molecule has 5 atom stereocenters. The van der Waals surface area contributed by atoms with Gasteiger partial charge in [-0.3, -0.25) is 4.90 Å². The number of benzene rings is 1. The predicted molar refractivity (Wildman–Crippen MR) is 117 cm³/mol. The van der Waals surface area contributed by atoms with Crippen molar-refractivity contribution in [2.24, 2.45) is 17.8 Å². The van der Waals surface area contributed by atoms with E-state index in [1.54, 1.807) is 7.11 Å². The van der Waals surface area contributed by atoms with Crippen molar-refractivity contribution in [3.8, 4) is 0 Å². The predicted octanol–water partition coefficient (Wildman–Crippen LogP) is 3.96. The third-order valence-electron chi connectivity index (χ3n) is 7.08. The molecule has 160 valence electrons. The van der Waals surface area contributed by atoms with Crippen molar-refractivity contribution in [3.05, 3.63) is 35.5 Å². The van der Waals surface area contributed by atoms with Crippen LogP contribution in [0.25, 0.3) is 10.9 Å². The summed E-state index contributed by atoms with van der Waals surface area (Å²) in [6.45, 7) is 9.03. The molecule has 0 spiro atoms. The van der Waals surface area contributed by atoms with Crippen molar-refractivity contribution in [2.45, 2.75) is 51.7 Å². The minimum absolute atomic E-state index is 0.196. The maximum Gasteiger partial charge on any atom is 0.106 e. The fourth-order valence-electron chi connectivity index (χ4n) is 5.88. The molecule has 1 aliphatic carbocycles. The van der Waals surface area contributed by atoms with E-state index in [0.29, 0.717) is 30.4 Å². The summed E-state index contributed by atoms with van der Waals surface area (Å²) < 4.78 is 5.47. The lowest BCUT2D eigenvalue weighted by Crippen LogP contribution is -2.52. The minimum atomic E-state index is -0.196. The standard InChI is InChI=1S/C21H28N2O2.C2H6.CH2O/c1-25-12-17-16-10-19-21-15(14-4-2-3-5-18(14)22-21)8-9-23(19)11-13(16)6-7-20(17)24;2*1-2/h2-5,13,16-17,19-20,22,24H,6-12H2,1H3;1-2H3;1H2/t13?,16-,17+,19-,20-;;/m0../s1. The second kappa shape index (κ2) is 9.88. The summed E-state index contributed by atoms with van der Waals surface area (Å²) in [5, 5.41) is 11.9. The molecular formula is C24H36N2O3. The Morgan fingerprint density at radius 2 is 2.00 bits per heavy atom. The second-order valence-electron chi connectivity index (χ2n) is 8.25. The normalized spacial score (nSPS) is 30.7. The number of nitrogens with zero attached hydrogens (tertiary/aromatic N) is 1. The van der Waals surface area contributed by atoms with E-state index in [4.69, 9.17) is 9.53 Å². The molecule has 5 nitrogen and oxygen atoms in total. The molecule has 3 heterocycles. The van der Waals surface area contributed by atoms with Gasteiger partial charge in [0, 0.05) is 42.7 Å². The molecule has 3 aliphatic rings. The van der Waals surface area contributed by atoms with E-state index < -0.39 is 0 Å². The van der Waals surface area contributed by atoms with Crippen LogP contribution in [0.4, 0.5) is 0 Å². The lowest BCUT2D eigenvalue weighted by atomic mass is 9.65. The molecule has 0 radical (unpaired) electrons. The third kappa shape index (κ3) is 4.00. The van der Waals surface area contributed by atoms with E-state index in [1.165, 1.54) is 35.2 Å². The minimum Gasteiger partial charge on any atom is -0.393 e. The first-order chi connectivity index (χ1) is 14.3.